The van der Waals surface area contributed by atoms with Crippen molar-refractivity contribution in [1.82, 2.24) is 34.3 Å². The summed E-state index contributed by atoms with van der Waals surface area (Å²) in [4.78, 5) is 52.8. The van der Waals surface area contributed by atoms with Gasteiger partial charge >= 0.3 is 6.03 Å². The molecule has 322 valence electrons. The first-order valence-corrected chi connectivity index (χ1v) is 23.0. The van der Waals surface area contributed by atoms with E-state index in [1.807, 2.05) is 34.1 Å². The summed E-state index contributed by atoms with van der Waals surface area (Å²) < 4.78 is 47.0. The molecule has 2 saturated carbocycles. The van der Waals surface area contributed by atoms with E-state index in [2.05, 4.69) is 20.7 Å². The Morgan fingerprint density at radius 3 is 2.56 bits per heavy atom. The molecule has 0 bridgehead atoms. The smallest absolute Gasteiger partial charge is 0.329 e. The van der Waals surface area contributed by atoms with Gasteiger partial charge in [0.25, 0.3) is 0 Å². The molecule has 2 aromatic carbocycles. The number of anilines is 3. The number of carbonyl (C=O) groups is 3. The van der Waals surface area contributed by atoms with E-state index in [0.717, 1.165) is 59.7 Å². The standard InChI is InChI=1S/C43H51FN10O6S/c1-50-36-21-27(8-9-33(36)38(49-50)53-19-13-37(56)47-42(53)58)32-12-16-51(25-35(32)44)24-26-4-2-7-31(20-26)61(59,60)52-17-10-28(11-18-52)46-41-45-23-34-39(48-41)54(40(57)43(34)14-15-43)29-5-3-6-30(55)22-29/h2,4,7-9,20-21,23,28-30,32,35,55H,3,5-6,10-19,22,24-25H2,1H3,(H,45,46,48)(H,47,56,58)/t29-,30?,32?,35?/m1/s1. The first-order chi connectivity index (χ1) is 29.4. The van der Waals surface area contributed by atoms with Gasteiger partial charge in [-0.1, -0.05) is 18.2 Å². The number of aromatic nitrogens is 4. The Bertz CT molecular complexity index is 2520. The maximum Gasteiger partial charge on any atom is 0.329 e. The Morgan fingerprint density at radius 1 is 0.984 bits per heavy atom. The summed E-state index contributed by atoms with van der Waals surface area (Å²) in [6, 6.07) is 12.0. The lowest BCUT2D eigenvalue weighted by atomic mass is 9.87. The van der Waals surface area contributed by atoms with Crippen molar-refractivity contribution in [3.63, 3.8) is 0 Å². The molecule has 61 heavy (non-hydrogen) atoms. The highest BCUT2D eigenvalue weighted by atomic mass is 32.2. The van der Waals surface area contributed by atoms with Gasteiger partial charge in [0.1, 0.15) is 12.0 Å². The second-order valence-electron chi connectivity index (χ2n) is 17.8. The second-order valence-corrected chi connectivity index (χ2v) is 19.7. The van der Waals surface area contributed by atoms with Gasteiger partial charge < -0.3 is 10.4 Å². The van der Waals surface area contributed by atoms with Crippen LogP contribution in [0.25, 0.3) is 10.9 Å². The van der Waals surface area contributed by atoms with Crippen molar-refractivity contribution in [2.75, 3.05) is 47.8 Å². The van der Waals surface area contributed by atoms with E-state index in [9.17, 15) is 27.9 Å². The lowest BCUT2D eigenvalue weighted by Gasteiger charge is -2.35. The van der Waals surface area contributed by atoms with Gasteiger partial charge in [-0.05, 0) is 99.7 Å². The van der Waals surface area contributed by atoms with Crippen LogP contribution in [-0.4, -0.2) is 117 Å². The van der Waals surface area contributed by atoms with Gasteiger partial charge in [-0.2, -0.15) is 14.4 Å². The minimum atomic E-state index is -3.78. The molecular weight excluding hydrogens is 804 g/mol. The number of aliphatic hydroxyl groups is 1. The van der Waals surface area contributed by atoms with E-state index >= 15 is 4.39 Å². The number of nitrogens with zero attached hydrogens (tertiary/aromatic N) is 8. The van der Waals surface area contributed by atoms with Gasteiger partial charge in [0.2, 0.25) is 27.8 Å². The number of sulfonamides is 1. The van der Waals surface area contributed by atoms with Crippen molar-refractivity contribution >= 4 is 56.4 Å². The van der Waals surface area contributed by atoms with Crippen molar-refractivity contribution in [2.24, 2.45) is 7.05 Å². The van der Waals surface area contributed by atoms with Crippen LogP contribution >= 0.6 is 0 Å². The number of amides is 4. The largest absolute Gasteiger partial charge is 0.393 e. The van der Waals surface area contributed by atoms with Crippen LogP contribution in [0.15, 0.2) is 53.6 Å². The number of alkyl halides is 1. The average Bonchev–Trinajstić information content (AvgIpc) is 3.94. The minimum absolute atomic E-state index is 0.0521. The average molecular weight is 855 g/mol. The van der Waals surface area contributed by atoms with Gasteiger partial charge in [0.15, 0.2) is 5.82 Å². The third-order valence-corrected chi connectivity index (χ3v) is 15.7. The number of aliphatic hydroxyl groups excluding tert-OH is 1. The zero-order valence-corrected chi connectivity index (χ0v) is 35.0. The molecule has 2 aromatic heterocycles. The number of urea groups is 1. The predicted octanol–water partition coefficient (Wildman–Crippen LogP) is 4.08. The van der Waals surface area contributed by atoms with Crippen LogP contribution in [0.4, 0.5) is 26.8 Å². The molecule has 4 aliphatic heterocycles. The number of carbonyl (C=O) groups excluding carboxylic acids is 3. The molecule has 6 aliphatic rings. The first-order valence-electron chi connectivity index (χ1n) is 21.6. The summed E-state index contributed by atoms with van der Waals surface area (Å²) in [6.45, 7) is 2.12. The summed E-state index contributed by atoms with van der Waals surface area (Å²) in [7, 11) is -2.00. The zero-order valence-electron chi connectivity index (χ0n) is 34.2. The Kier molecular flexibility index (Phi) is 10.1. The van der Waals surface area contributed by atoms with Crippen molar-refractivity contribution in [3.05, 3.63) is 65.4 Å². The molecule has 3 N–H and O–H groups in total. The van der Waals surface area contributed by atoms with E-state index in [1.165, 1.54) is 9.21 Å². The highest BCUT2D eigenvalue weighted by molar-refractivity contribution is 7.89. The molecule has 2 aliphatic carbocycles. The molecule has 16 nitrogen and oxygen atoms in total. The first kappa shape index (κ1) is 40.1. The molecule has 0 radical (unpaired) electrons. The number of nitrogens with one attached hydrogen (secondary N) is 2. The maximum atomic E-state index is 16.0. The van der Waals surface area contributed by atoms with Crippen molar-refractivity contribution < 1.29 is 32.3 Å². The van der Waals surface area contributed by atoms with Crippen molar-refractivity contribution in [3.8, 4) is 0 Å². The number of fused-ring (bicyclic) bond motifs is 3. The predicted molar refractivity (Wildman–Crippen MR) is 224 cm³/mol. The van der Waals surface area contributed by atoms with Crippen LogP contribution in [0.1, 0.15) is 86.8 Å². The van der Waals surface area contributed by atoms with Crippen LogP contribution in [0.3, 0.4) is 0 Å². The molecule has 3 saturated heterocycles. The Hall–Kier alpha value is -5.04. The third-order valence-electron chi connectivity index (χ3n) is 13.8. The number of benzene rings is 2. The summed E-state index contributed by atoms with van der Waals surface area (Å²) in [6.07, 6.45) is 6.66. The summed E-state index contributed by atoms with van der Waals surface area (Å²) in [5.41, 5.74) is 2.78. The lowest BCUT2D eigenvalue weighted by Crippen LogP contribution is -2.49. The number of hydrogen-bond acceptors (Lipinski definition) is 11. The van der Waals surface area contributed by atoms with Crippen molar-refractivity contribution in [1.29, 1.82) is 0 Å². The molecule has 4 atom stereocenters. The molecule has 1 spiro atoms. The fourth-order valence-corrected chi connectivity index (χ4v) is 11.8. The van der Waals surface area contributed by atoms with Crippen LogP contribution in [-0.2, 0) is 38.6 Å². The topological polar surface area (TPSA) is 186 Å². The summed E-state index contributed by atoms with van der Waals surface area (Å²) in [5.74, 6) is 0.958. The normalized spacial score (nSPS) is 26.2. The molecule has 4 aromatic rings. The van der Waals surface area contributed by atoms with Gasteiger partial charge in [-0.3, -0.25) is 34.3 Å². The van der Waals surface area contributed by atoms with E-state index in [0.29, 0.717) is 69.4 Å². The van der Waals surface area contributed by atoms with Gasteiger partial charge in [-0.15, -0.1) is 0 Å². The number of imide groups is 1. The number of aryl methyl sites for hydroxylation is 1. The van der Waals surface area contributed by atoms with Gasteiger partial charge in [0, 0.05) is 81.3 Å². The molecule has 10 rings (SSSR count). The summed E-state index contributed by atoms with van der Waals surface area (Å²) in [5, 5.41) is 21.4. The maximum absolute atomic E-state index is 16.0. The third kappa shape index (κ3) is 7.24. The number of likely N-dealkylation sites (tertiary alicyclic amines) is 1. The molecule has 6 heterocycles. The van der Waals surface area contributed by atoms with Gasteiger partial charge in [-0.25, -0.2) is 22.6 Å². The molecule has 3 unspecified atom stereocenters. The Balaban J connectivity index is 0.752. The SMILES string of the molecule is Cn1nc(N2CCC(=O)NC2=O)c2ccc(C3CCN(Cc4cccc(S(=O)(=O)N5CCC(Nc6ncc7c(n6)N([C@@H]6CCCC(O)C6)C(=O)C76CC6)CC5)c4)CC3F)cc21. The highest BCUT2D eigenvalue weighted by Gasteiger charge is 2.61. The van der Waals surface area contributed by atoms with Crippen LogP contribution in [0.2, 0.25) is 0 Å². The molecular formula is C43H51FN10O6S. The Morgan fingerprint density at radius 2 is 1.80 bits per heavy atom. The molecule has 4 amide bonds. The van der Waals surface area contributed by atoms with Crippen molar-refractivity contribution in [2.45, 2.75) is 111 Å². The minimum Gasteiger partial charge on any atom is -0.393 e. The summed E-state index contributed by atoms with van der Waals surface area (Å²) >= 11 is 0. The molecule has 5 fully saturated rings. The fraction of sp³-hybridized carbons (Fsp3) is 0.535. The fourth-order valence-electron chi connectivity index (χ4n) is 10.3. The van der Waals surface area contributed by atoms with Crippen LogP contribution in [0.5, 0.6) is 0 Å². The Labute approximate surface area is 353 Å². The lowest BCUT2D eigenvalue weighted by molar-refractivity contribution is -0.121. The number of hydrogen-bond donors (Lipinski definition) is 3. The zero-order chi connectivity index (χ0) is 42.2. The number of halogens is 1. The monoisotopic (exact) mass is 854 g/mol. The number of piperidine rings is 2. The van der Waals surface area contributed by atoms with E-state index in [-0.39, 0.29) is 54.2 Å². The van der Waals surface area contributed by atoms with Crippen LogP contribution in [0, 0.1) is 0 Å². The highest BCUT2D eigenvalue weighted by Crippen LogP contribution is 2.57. The second kappa shape index (κ2) is 15.4. The van der Waals surface area contributed by atoms with Crippen LogP contribution < -0.4 is 20.4 Å². The van der Waals surface area contributed by atoms with Gasteiger partial charge in [0.05, 0.1) is 21.9 Å². The van der Waals surface area contributed by atoms with E-state index in [4.69, 9.17) is 4.98 Å². The van der Waals surface area contributed by atoms with E-state index in [1.54, 1.807) is 36.1 Å². The number of rotatable bonds is 9. The quantitative estimate of drug-likeness (QED) is 0.220. The molecule has 18 heteroatoms. The van der Waals surface area contributed by atoms with E-state index < -0.39 is 33.7 Å².